The number of carbonyl (C=O) groups is 1. The second kappa shape index (κ2) is 4.47. The van der Waals surface area contributed by atoms with E-state index >= 15 is 0 Å². The maximum Gasteiger partial charge on any atom is 0.338 e. The van der Waals surface area contributed by atoms with Crippen molar-refractivity contribution in [2.24, 2.45) is 5.41 Å². The molecule has 1 rings (SSSR count). The minimum atomic E-state index is -1.50. The zero-order valence-electron chi connectivity index (χ0n) is 9.25. The number of aliphatic hydroxyl groups excluding tert-OH is 1. The molecule has 1 unspecified atom stereocenters. The van der Waals surface area contributed by atoms with Crippen LogP contribution < -0.4 is 5.32 Å². The molecule has 5 nitrogen and oxygen atoms in total. The summed E-state index contributed by atoms with van der Waals surface area (Å²) in [5.74, 6) is -0.649. The number of hydrogen-bond acceptors (Lipinski definition) is 5. The van der Waals surface area contributed by atoms with Crippen LogP contribution in [-0.4, -0.2) is 48.6 Å². The third-order valence-electron chi connectivity index (χ3n) is 2.89. The third-order valence-corrected chi connectivity index (χ3v) is 2.89. The van der Waals surface area contributed by atoms with Gasteiger partial charge < -0.3 is 20.3 Å². The van der Waals surface area contributed by atoms with Crippen LogP contribution in [0.2, 0.25) is 0 Å². The normalized spacial score (nSPS) is 21.9. The Morgan fingerprint density at radius 3 is 2.60 bits per heavy atom. The maximum atomic E-state index is 11.1. The molecule has 0 heterocycles. The molecule has 0 radical (unpaired) electrons. The van der Waals surface area contributed by atoms with Gasteiger partial charge in [-0.2, -0.15) is 0 Å². The SMILES string of the molecule is COC(=O)C(C)(O)CNCC1(CO)CC1. The van der Waals surface area contributed by atoms with Crippen LogP contribution in [0.1, 0.15) is 19.8 Å². The summed E-state index contributed by atoms with van der Waals surface area (Å²) in [6, 6.07) is 0. The van der Waals surface area contributed by atoms with Gasteiger partial charge in [0, 0.05) is 25.1 Å². The Kier molecular flexibility index (Phi) is 3.70. The Bertz CT molecular complexity index is 236. The third kappa shape index (κ3) is 3.15. The van der Waals surface area contributed by atoms with Crippen molar-refractivity contribution >= 4 is 5.97 Å². The fourth-order valence-electron chi connectivity index (χ4n) is 1.43. The molecule has 0 bridgehead atoms. The van der Waals surface area contributed by atoms with E-state index in [0.717, 1.165) is 12.8 Å². The Morgan fingerprint density at radius 1 is 1.60 bits per heavy atom. The lowest BCUT2D eigenvalue weighted by Gasteiger charge is -2.22. The number of rotatable bonds is 6. The zero-order valence-corrected chi connectivity index (χ0v) is 9.25. The molecule has 5 heteroatoms. The fraction of sp³-hybridized carbons (Fsp3) is 0.900. The lowest BCUT2D eigenvalue weighted by atomic mass is 10.1. The molecular weight excluding hydrogens is 198 g/mol. The van der Waals surface area contributed by atoms with Crippen molar-refractivity contribution < 1.29 is 19.7 Å². The van der Waals surface area contributed by atoms with Gasteiger partial charge in [0.25, 0.3) is 0 Å². The summed E-state index contributed by atoms with van der Waals surface area (Å²) in [7, 11) is 1.24. The first-order valence-electron chi connectivity index (χ1n) is 5.08. The average molecular weight is 217 g/mol. The summed E-state index contributed by atoms with van der Waals surface area (Å²) in [6.07, 6.45) is 1.99. The van der Waals surface area contributed by atoms with Gasteiger partial charge >= 0.3 is 5.97 Å². The summed E-state index contributed by atoms with van der Waals surface area (Å²) >= 11 is 0. The van der Waals surface area contributed by atoms with E-state index in [2.05, 4.69) is 10.1 Å². The molecule has 1 aliphatic rings. The largest absolute Gasteiger partial charge is 0.467 e. The van der Waals surface area contributed by atoms with Gasteiger partial charge in [0.05, 0.1) is 7.11 Å². The highest BCUT2D eigenvalue weighted by Crippen LogP contribution is 2.44. The monoisotopic (exact) mass is 217 g/mol. The van der Waals surface area contributed by atoms with E-state index in [1.807, 2.05) is 0 Å². The molecule has 0 aromatic heterocycles. The van der Waals surface area contributed by atoms with Gasteiger partial charge in [-0.1, -0.05) is 0 Å². The molecule has 1 fully saturated rings. The van der Waals surface area contributed by atoms with Crippen molar-refractivity contribution in [1.29, 1.82) is 0 Å². The van der Waals surface area contributed by atoms with Crippen LogP contribution in [0.3, 0.4) is 0 Å². The van der Waals surface area contributed by atoms with Crippen LogP contribution in [0.25, 0.3) is 0 Å². The zero-order chi connectivity index (χ0) is 11.5. The summed E-state index contributed by atoms with van der Waals surface area (Å²) in [5, 5.41) is 21.7. The molecule has 0 aromatic rings. The predicted molar refractivity (Wildman–Crippen MR) is 54.3 cm³/mol. The first-order valence-corrected chi connectivity index (χ1v) is 5.08. The van der Waals surface area contributed by atoms with Crippen molar-refractivity contribution in [2.45, 2.75) is 25.4 Å². The first-order chi connectivity index (χ1) is 6.96. The summed E-state index contributed by atoms with van der Waals surface area (Å²) < 4.78 is 4.46. The summed E-state index contributed by atoms with van der Waals surface area (Å²) in [4.78, 5) is 11.1. The molecule has 0 aromatic carbocycles. The van der Waals surface area contributed by atoms with E-state index < -0.39 is 11.6 Å². The number of nitrogens with one attached hydrogen (secondary N) is 1. The summed E-state index contributed by atoms with van der Waals surface area (Å²) in [6.45, 7) is 2.32. The Hall–Kier alpha value is -0.650. The van der Waals surface area contributed by atoms with Gasteiger partial charge in [-0.3, -0.25) is 0 Å². The molecule has 15 heavy (non-hydrogen) atoms. The Balaban J connectivity index is 2.27. The van der Waals surface area contributed by atoms with E-state index in [4.69, 9.17) is 5.11 Å². The van der Waals surface area contributed by atoms with Crippen LogP contribution in [0.15, 0.2) is 0 Å². The van der Waals surface area contributed by atoms with Gasteiger partial charge in [-0.15, -0.1) is 0 Å². The van der Waals surface area contributed by atoms with E-state index in [-0.39, 0.29) is 18.6 Å². The van der Waals surface area contributed by atoms with Crippen LogP contribution >= 0.6 is 0 Å². The average Bonchev–Trinajstić information content (AvgIpc) is 2.97. The lowest BCUT2D eigenvalue weighted by Crippen LogP contribution is -2.47. The molecule has 1 aliphatic carbocycles. The van der Waals surface area contributed by atoms with Gasteiger partial charge in [-0.05, 0) is 19.8 Å². The highest BCUT2D eigenvalue weighted by Gasteiger charge is 2.42. The number of hydrogen-bond donors (Lipinski definition) is 3. The van der Waals surface area contributed by atoms with E-state index in [9.17, 15) is 9.90 Å². The minimum absolute atomic E-state index is 0.0216. The summed E-state index contributed by atoms with van der Waals surface area (Å²) in [5.41, 5.74) is -1.52. The molecule has 3 N–H and O–H groups in total. The first kappa shape index (κ1) is 12.4. The number of carbonyl (C=O) groups excluding carboxylic acids is 1. The van der Waals surface area contributed by atoms with Gasteiger partial charge in [0.1, 0.15) is 0 Å². The molecule has 1 saturated carbocycles. The number of aliphatic hydroxyl groups is 2. The number of ether oxygens (including phenoxy) is 1. The van der Waals surface area contributed by atoms with Crippen molar-refractivity contribution in [3.63, 3.8) is 0 Å². The number of esters is 1. The smallest absolute Gasteiger partial charge is 0.338 e. The lowest BCUT2D eigenvalue weighted by molar-refractivity contribution is -0.159. The Morgan fingerprint density at radius 2 is 2.20 bits per heavy atom. The second-order valence-corrected chi connectivity index (χ2v) is 4.53. The highest BCUT2D eigenvalue weighted by molar-refractivity contribution is 5.78. The van der Waals surface area contributed by atoms with Crippen LogP contribution in [0.4, 0.5) is 0 Å². The second-order valence-electron chi connectivity index (χ2n) is 4.53. The van der Waals surface area contributed by atoms with Crippen LogP contribution in [-0.2, 0) is 9.53 Å². The van der Waals surface area contributed by atoms with Crippen molar-refractivity contribution in [1.82, 2.24) is 5.32 Å². The molecule has 88 valence electrons. The molecule has 0 spiro atoms. The van der Waals surface area contributed by atoms with Crippen LogP contribution in [0, 0.1) is 5.41 Å². The molecule has 0 amide bonds. The Labute approximate surface area is 89.4 Å². The topological polar surface area (TPSA) is 78.8 Å². The maximum absolute atomic E-state index is 11.1. The van der Waals surface area contributed by atoms with Crippen molar-refractivity contribution in [3.8, 4) is 0 Å². The molecule has 1 atom stereocenters. The fourth-order valence-corrected chi connectivity index (χ4v) is 1.43. The van der Waals surface area contributed by atoms with Gasteiger partial charge in [-0.25, -0.2) is 4.79 Å². The predicted octanol–water partition coefficient (Wildman–Crippen LogP) is -0.728. The van der Waals surface area contributed by atoms with Crippen LogP contribution in [0.5, 0.6) is 0 Å². The van der Waals surface area contributed by atoms with E-state index in [0.29, 0.717) is 6.54 Å². The molecule has 0 saturated heterocycles. The van der Waals surface area contributed by atoms with E-state index in [1.165, 1.54) is 14.0 Å². The van der Waals surface area contributed by atoms with Gasteiger partial charge in [0.2, 0.25) is 0 Å². The quantitative estimate of drug-likeness (QED) is 0.511. The molecular formula is C10H19NO4. The van der Waals surface area contributed by atoms with Gasteiger partial charge in [0.15, 0.2) is 5.60 Å². The standard InChI is InChI=1S/C10H19NO4/c1-9(14,8(13)15-2)5-11-6-10(7-12)3-4-10/h11-12,14H,3-7H2,1-2H3. The van der Waals surface area contributed by atoms with Crippen molar-refractivity contribution in [2.75, 3.05) is 26.8 Å². The molecule has 0 aliphatic heterocycles. The van der Waals surface area contributed by atoms with E-state index in [1.54, 1.807) is 0 Å². The minimum Gasteiger partial charge on any atom is -0.467 e. The number of methoxy groups -OCH3 is 1. The highest BCUT2D eigenvalue weighted by atomic mass is 16.5. The van der Waals surface area contributed by atoms with Crippen molar-refractivity contribution in [3.05, 3.63) is 0 Å².